The molecule has 0 atom stereocenters. The molecule has 3 nitrogen and oxygen atoms in total. The predicted molar refractivity (Wildman–Crippen MR) is 95.3 cm³/mol. The van der Waals surface area contributed by atoms with Gasteiger partial charge >= 0.3 is 6.03 Å². The van der Waals surface area contributed by atoms with Crippen molar-refractivity contribution in [3.8, 4) is 11.8 Å². The first-order chi connectivity index (χ1) is 11.1. The van der Waals surface area contributed by atoms with Crippen LogP contribution in [0.2, 0.25) is 0 Å². The van der Waals surface area contributed by atoms with Gasteiger partial charge in [0.05, 0.1) is 0 Å². The molecule has 0 spiro atoms. The zero-order chi connectivity index (χ0) is 16.5. The first-order valence-corrected chi connectivity index (χ1v) is 7.85. The van der Waals surface area contributed by atoms with E-state index in [1.165, 1.54) is 0 Å². The average Bonchev–Trinajstić information content (AvgIpc) is 2.54. The maximum Gasteiger partial charge on any atom is 0.319 e. The highest BCUT2D eigenvalue weighted by molar-refractivity contribution is 5.89. The highest BCUT2D eigenvalue weighted by Crippen LogP contribution is 2.10. The SMILES string of the molecule is CC(C)CCNC(=O)Nc1cccc(C#Cc2ccccc2)c1. The zero-order valence-corrected chi connectivity index (χ0v) is 13.6. The van der Waals surface area contributed by atoms with E-state index in [-0.39, 0.29) is 6.03 Å². The van der Waals surface area contributed by atoms with Gasteiger partial charge in [0.15, 0.2) is 0 Å². The van der Waals surface area contributed by atoms with Crippen molar-refractivity contribution in [2.24, 2.45) is 5.92 Å². The Morgan fingerprint density at radius 1 is 1.00 bits per heavy atom. The maximum atomic E-state index is 11.8. The van der Waals surface area contributed by atoms with Gasteiger partial charge < -0.3 is 10.6 Å². The number of hydrogen-bond donors (Lipinski definition) is 2. The Hall–Kier alpha value is -2.73. The van der Waals surface area contributed by atoms with Gasteiger partial charge in [0.2, 0.25) is 0 Å². The smallest absolute Gasteiger partial charge is 0.319 e. The Labute approximate surface area is 138 Å². The van der Waals surface area contributed by atoms with Crippen LogP contribution in [0.4, 0.5) is 10.5 Å². The molecule has 0 bridgehead atoms. The Morgan fingerprint density at radius 2 is 1.70 bits per heavy atom. The molecule has 0 unspecified atom stereocenters. The predicted octanol–water partition coefficient (Wildman–Crippen LogP) is 4.25. The topological polar surface area (TPSA) is 41.1 Å². The minimum absolute atomic E-state index is 0.182. The van der Waals surface area contributed by atoms with Crippen LogP contribution in [0.1, 0.15) is 31.4 Å². The van der Waals surface area contributed by atoms with Gasteiger partial charge in [0.25, 0.3) is 0 Å². The number of anilines is 1. The summed E-state index contributed by atoms with van der Waals surface area (Å²) in [7, 11) is 0. The first kappa shape index (κ1) is 16.6. The Kier molecular flexibility index (Phi) is 6.26. The molecule has 0 saturated heterocycles. The van der Waals surface area contributed by atoms with Gasteiger partial charge in [-0.05, 0) is 42.7 Å². The largest absolute Gasteiger partial charge is 0.338 e. The monoisotopic (exact) mass is 306 g/mol. The average molecular weight is 306 g/mol. The molecule has 0 aliphatic carbocycles. The first-order valence-electron chi connectivity index (χ1n) is 7.85. The Bertz CT molecular complexity index is 696. The molecule has 2 aromatic carbocycles. The molecule has 0 aliphatic rings. The summed E-state index contributed by atoms with van der Waals surface area (Å²) in [6.45, 7) is 4.94. The molecule has 2 rings (SSSR count). The van der Waals surface area contributed by atoms with Crippen LogP contribution in [-0.4, -0.2) is 12.6 Å². The van der Waals surface area contributed by atoms with Gasteiger partial charge in [0, 0.05) is 23.4 Å². The van der Waals surface area contributed by atoms with Crippen LogP contribution in [0.25, 0.3) is 0 Å². The van der Waals surface area contributed by atoms with Crippen LogP contribution in [0.5, 0.6) is 0 Å². The number of urea groups is 1. The molecule has 2 aromatic rings. The van der Waals surface area contributed by atoms with Gasteiger partial charge in [-0.1, -0.05) is 50.0 Å². The van der Waals surface area contributed by atoms with Gasteiger partial charge in [-0.3, -0.25) is 0 Å². The lowest BCUT2D eigenvalue weighted by molar-refractivity contribution is 0.251. The molecule has 2 amide bonds. The highest BCUT2D eigenvalue weighted by atomic mass is 16.2. The lowest BCUT2D eigenvalue weighted by Crippen LogP contribution is -2.30. The maximum absolute atomic E-state index is 11.8. The van der Waals surface area contributed by atoms with E-state index >= 15 is 0 Å². The third kappa shape index (κ3) is 6.27. The van der Waals surface area contributed by atoms with Crippen LogP contribution in [0.15, 0.2) is 54.6 Å². The van der Waals surface area contributed by atoms with Crippen molar-refractivity contribution in [2.75, 3.05) is 11.9 Å². The van der Waals surface area contributed by atoms with Gasteiger partial charge in [0.1, 0.15) is 0 Å². The van der Waals surface area contributed by atoms with Crippen molar-refractivity contribution in [3.63, 3.8) is 0 Å². The van der Waals surface area contributed by atoms with Crippen molar-refractivity contribution in [1.29, 1.82) is 0 Å². The van der Waals surface area contributed by atoms with E-state index in [2.05, 4.69) is 36.3 Å². The van der Waals surface area contributed by atoms with Crippen LogP contribution in [-0.2, 0) is 0 Å². The van der Waals surface area contributed by atoms with E-state index in [1.807, 2.05) is 54.6 Å². The Morgan fingerprint density at radius 3 is 2.43 bits per heavy atom. The molecule has 0 saturated carbocycles. The summed E-state index contributed by atoms with van der Waals surface area (Å²) in [5, 5.41) is 5.69. The third-order valence-electron chi connectivity index (χ3n) is 3.25. The number of amides is 2. The quantitative estimate of drug-likeness (QED) is 0.814. The van der Waals surface area contributed by atoms with Crippen LogP contribution in [0.3, 0.4) is 0 Å². The summed E-state index contributed by atoms with van der Waals surface area (Å²) in [5.41, 5.74) is 2.58. The van der Waals surface area contributed by atoms with Crippen molar-refractivity contribution in [3.05, 3.63) is 65.7 Å². The fraction of sp³-hybridized carbons (Fsp3) is 0.250. The molecule has 0 fully saturated rings. The lowest BCUT2D eigenvalue weighted by atomic mass is 10.1. The van der Waals surface area contributed by atoms with Crippen LogP contribution in [0, 0.1) is 17.8 Å². The second-order valence-electron chi connectivity index (χ2n) is 5.76. The second-order valence-corrected chi connectivity index (χ2v) is 5.76. The van der Waals surface area contributed by atoms with Crippen molar-refractivity contribution in [2.45, 2.75) is 20.3 Å². The molecule has 118 valence electrons. The number of hydrogen-bond acceptors (Lipinski definition) is 1. The highest BCUT2D eigenvalue weighted by Gasteiger charge is 2.02. The number of rotatable bonds is 4. The molecule has 0 aromatic heterocycles. The van der Waals surface area contributed by atoms with Crippen molar-refractivity contribution >= 4 is 11.7 Å². The van der Waals surface area contributed by atoms with E-state index in [0.29, 0.717) is 12.5 Å². The fourth-order valence-electron chi connectivity index (χ4n) is 1.99. The van der Waals surface area contributed by atoms with E-state index in [9.17, 15) is 4.79 Å². The van der Waals surface area contributed by atoms with Gasteiger partial charge in [-0.2, -0.15) is 0 Å². The third-order valence-corrected chi connectivity index (χ3v) is 3.25. The van der Waals surface area contributed by atoms with Gasteiger partial charge in [-0.25, -0.2) is 4.79 Å². The van der Waals surface area contributed by atoms with E-state index in [4.69, 9.17) is 0 Å². The molecule has 0 radical (unpaired) electrons. The number of carbonyl (C=O) groups excluding carboxylic acids is 1. The summed E-state index contributed by atoms with van der Waals surface area (Å²) in [6, 6.07) is 17.2. The molecule has 0 heterocycles. The second kappa shape index (κ2) is 8.65. The molecule has 2 N–H and O–H groups in total. The Balaban J connectivity index is 1.95. The van der Waals surface area contributed by atoms with Crippen molar-refractivity contribution < 1.29 is 4.79 Å². The number of benzene rings is 2. The number of carbonyl (C=O) groups is 1. The summed E-state index contributed by atoms with van der Waals surface area (Å²) in [6.07, 6.45) is 0.968. The minimum atomic E-state index is -0.182. The summed E-state index contributed by atoms with van der Waals surface area (Å²) >= 11 is 0. The van der Waals surface area contributed by atoms with Crippen LogP contribution < -0.4 is 10.6 Å². The molecular formula is C20H22N2O. The van der Waals surface area contributed by atoms with Crippen LogP contribution >= 0.6 is 0 Å². The fourth-order valence-corrected chi connectivity index (χ4v) is 1.99. The van der Waals surface area contributed by atoms with E-state index in [0.717, 1.165) is 23.2 Å². The summed E-state index contributed by atoms with van der Waals surface area (Å²) < 4.78 is 0. The summed E-state index contributed by atoms with van der Waals surface area (Å²) in [5.74, 6) is 6.80. The molecular weight excluding hydrogens is 284 g/mol. The lowest BCUT2D eigenvalue weighted by Gasteiger charge is -2.09. The van der Waals surface area contributed by atoms with E-state index in [1.54, 1.807) is 0 Å². The molecule has 23 heavy (non-hydrogen) atoms. The van der Waals surface area contributed by atoms with E-state index < -0.39 is 0 Å². The summed E-state index contributed by atoms with van der Waals surface area (Å²) in [4.78, 5) is 11.8. The normalized spacial score (nSPS) is 9.87. The van der Waals surface area contributed by atoms with Gasteiger partial charge in [-0.15, -0.1) is 0 Å². The number of nitrogens with one attached hydrogen (secondary N) is 2. The minimum Gasteiger partial charge on any atom is -0.338 e. The molecule has 0 aliphatic heterocycles. The zero-order valence-electron chi connectivity index (χ0n) is 13.6. The standard InChI is InChI=1S/C20H22N2O/c1-16(2)13-14-21-20(23)22-19-10-6-9-18(15-19)12-11-17-7-4-3-5-8-17/h3-10,15-16H,13-14H2,1-2H3,(H2,21,22,23). The molecule has 3 heteroatoms. The van der Waals surface area contributed by atoms with Crippen molar-refractivity contribution in [1.82, 2.24) is 5.32 Å².